The topological polar surface area (TPSA) is 46.2 Å². The van der Waals surface area contributed by atoms with Gasteiger partial charge < -0.3 is 0 Å². The summed E-state index contributed by atoms with van der Waals surface area (Å²) < 4.78 is 27.8. The minimum absolute atomic E-state index is 0.327. The number of hydrogen-bond donors (Lipinski definition) is 1. The van der Waals surface area contributed by atoms with Gasteiger partial charge in [0.1, 0.15) is 4.21 Å². The van der Waals surface area contributed by atoms with Crippen molar-refractivity contribution in [2.75, 3.05) is 5.33 Å². The molecule has 16 heavy (non-hydrogen) atoms. The molecule has 0 aromatic carbocycles. The lowest BCUT2D eigenvalue weighted by atomic mass is 10.0. The monoisotopic (exact) mass is 389 g/mol. The van der Waals surface area contributed by atoms with Crippen LogP contribution in [0.15, 0.2) is 20.1 Å². The van der Waals surface area contributed by atoms with E-state index < -0.39 is 15.6 Å². The highest BCUT2D eigenvalue weighted by atomic mass is 79.9. The largest absolute Gasteiger partial charge is 0.251 e. The van der Waals surface area contributed by atoms with Gasteiger partial charge in [0, 0.05) is 15.3 Å². The number of hydrogen-bond acceptors (Lipinski definition) is 3. The first-order valence-corrected chi connectivity index (χ1v) is 8.95. The zero-order valence-electron chi connectivity index (χ0n) is 8.96. The first kappa shape index (κ1) is 14.6. The van der Waals surface area contributed by atoms with Crippen molar-refractivity contribution in [1.29, 1.82) is 0 Å². The van der Waals surface area contributed by atoms with Gasteiger partial charge in [0.15, 0.2) is 0 Å². The normalized spacial score (nSPS) is 16.0. The van der Waals surface area contributed by atoms with Crippen LogP contribution in [0.25, 0.3) is 0 Å². The van der Waals surface area contributed by atoms with Gasteiger partial charge in [0.05, 0.1) is 0 Å². The van der Waals surface area contributed by atoms with Gasteiger partial charge >= 0.3 is 0 Å². The van der Waals surface area contributed by atoms with Crippen molar-refractivity contribution in [1.82, 2.24) is 4.72 Å². The Hall–Kier alpha value is 0.570. The van der Waals surface area contributed by atoms with Gasteiger partial charge in [-0.25, -0.2) is 13.1 Å². The van der Waals surface area contributed by atoms with E-state index in [1.54, 1.807) is 11.4 Å². The molecule has 1 rings (SSSR count). The molecule has 0 radical (unpaired) electrons. The van der Waals surface area contributed by atoms with E-state index in [-0.39, 0.29) is 0 Å². The highest BCUT2D eigenvalue weighted by molar-refractivity contribution is 9.10. The molecule has 1 N–H and O–H groups in total. The van der Waals surface area contributed by atoms with Crippen molar-refractivity contribution in [2.24, 2.45) is 0 Å². The molecule has 1 heterocycles. The lowest BCUT2D eigenvalue weighted by Crippen LogP contribution is -2.46. The van der Waals surface area contributed by atoms with Gasteiger partial charge in [-0.2, -0.15) is 0 Å². The van der Waals surface area contributed by atoms with Crippen molar-refractivity contribution in [3.8, 4) is 0 Å². The molecule has 3 nitrogen and oxygen atoms in total. The molecule has 1 atom stereocenters. The maximum absolute atomic E-state index is 12.1. The van der Waals surface area contributed by atoms with Crippen LogP contribution in [0.3, 0.4) is 0 Å². The van der Waals surface area contributed by atoms with Crippen LogP contribution in [0, 0.1) is 0 Å². The molecule has 0 saturated carbocycles. The summed E-state index contributed by atoms with van der Waals surface area (Å²) in [4.78, 5) is 0. The third-order valence-corrected chi connectivity index (χ3v) is 7.83. The molecule has 1 aromatic heterocycles. The zero-order chi connectivity index (χ0) is 12.4. The smallest absolute Gasteiger partial charge is 0.206 e. The third kappa shape index (κ3) is 3.29. The molecule has 0 saturated heterocycles. The van der Waals surface area contributed by atoms with Gasteiger partial charge in [0.2, 0.25) is 0 Å². The number of sulfonamides is 1. The van der Waals surface area contributed by atoms with Crippen molar-refractivity contribution >= 4 is 53.2 Å². The van der Waals surface area contributed by atoms with E-state index in [2.05, 4.69) is 36.6 Å². The fraction of sp³-hybridized carbons (Fsp3) is 0.556. The van der Waals surface area contributed by atoms with Crippen molar-refractivity contribution in [2.45, 2.75) is 30.0 Å². The van der Waals surface area contributed by atoms with Gasteiger partial charge in [0.25, 0.3) is 10.0 Å². The summed E-state index contributed by atoms with van der Waals surface area (Å²) in [5, 5.41) is 2.33. The van der Waals surface area contributed by atoms with Crippen molar-refractivity contribution in [3.63, 3.8) is 0 Å². The molecular formula is C9H13Br2NO2S2. The number of halogens is 2. The Kier molecular flexibility index (Phi) is 5.01. The van der Waals surface area contributed by atoms with E-state index in [1.165, 1.54) is 11.3 Å². The van der Waals surface area contributed by atoms with E-state index in [1.807, 2.05) is 13.8 Å². The maximum Gasteiger partial charge on any atom is 0.251 e. The number of thiophene rings is 1. The fourth-order valence-electron chi connectivity index (χ4n) is 1.04. The van der Waals surface area contributed by atoms with Crippen LogP contribution in [0.1, 0.15) is 20.3 Å². The molecule has 0 aliphatic rings. The molecule has 7 heteroatoms. The van der Waals surface area contributed by atoms with Crippen LogP contribution in [-0.2, 0) is 10.0 Å². The van der Waals surface area contributed by atoms with E-state index in [0.29, 0.717) is 14.0 Å². The highest BCUT2D eigenvalue weighted by Crippen LogP contribution is 2.29. The Bertz CT molecular complexity index is 452. The molecule has 1 unspecified atom stereocenters. The molecular weight excluding hydrogens is 378 g/mol. The first-order valence-electron chi connectivity index (χ1n) is 4.67. The standard InChI is InChI=1S/C9H13Br2NO2S2/c1-3-9(2,6-10)12-16(13,14)8-7(11)4-5-15-8/h4-5,12H,3,6H2,1-2H3. The van der Waals surface area contributed by atoms with Gasteiger partial charge in [-0.1, -0.05) is 22.9 Å². The van der Waals surface area contributed by atoms with E-state index >= 15 is 0 Å². The molecule has 0 fully saturated rings. The SMILES string of the molecule is CCC(C)(CBr)NS(=O)(=O)c1sccc1Br. The summed E-state index contributed by atoms with van der Waals surface area (Å²) in [7, 11) is -3.44. The second-order valence-electron chi connectivity index (χ2n) is 3.71. The van der Waals surface area contributed by atoms with Crippen LogP contribution in [0.5, 0.6) is 0 Å². The second-order valence-corrected chi connectivity index (χ2v) is 7.92. The summed E-state index contributed by atoms with van der Waals surface area (Å²) >= 11 is 7.77. The number of rotatable bonds is 5. The third-order valence-electron chi connectivity index (χ3n) is 2.28. The molecule has 0 bridgehead atoms. The van der Waals surface area contributed by atoms with Gasteiger partial charge in [-0.15, -0.1) is 11.3 Å². The molecule has 0 spiro atoms. The van der Waals surface area contributed by atoms with E-state index in [0.717, 1.165) is 6.42 Å². The summed E-state index contributed by atoms with van der Waals surface area (Å²) in [6.45, 7) is 3.83. The number of nitrogens with one attached hydrogen (secondary N) is 1. The predicted octanol–water partition coefficient (Wildman–Crippen LogP) is 3.35. The minimum Gasteiger partial charge on any atom is -0.206 e. The van der Waals surface area contributed by atoms with Gasteiger partial charge in [-0.3, -0.25) is 0 Å². The summed E-state index contributed by atoms with van der Waals surface area (Å²) in [5.41, 5.74) is -0.456. The average molecular weight is 391 g/mol. The summed E-state index contributed by atoms with van der Waals surface area (Å²) in [6.07, 6.45) is 0.723. The minimum atomic E-state index is -3.44. The number of alkyl halides is 1. The Morgan fingerprint density at radius 3 is 2.56 bits per heavy atom. The van der Waals surface area contributed by atoms with E-state index in [9.17, 15) is 8.42 Å². The van der Waals surface area contributed by atoms with Crippen LogP contribution in [0.2, 0.25) is 0 Å². The van der Waals surface area contributed by atoms with Crippen LogP contribution in [-0.4, -0.2) is 19.3 Å². The van der Waals surface area contributed by atoms with Gasteiger partial charge in [-0.05, 0) is 40.7 Å². The lowest BCUT2D eigenvalue weighted by molar-refractivity contribution is 0.450. The molecule has 0 aliphatic heterocycles. The molecule has 92 valence electrons. The first-order chi connectivity index (χ1) is 7.34. The Morgan fingerprint density at radius 2 is 2.19 bits per heavy atom. The highest BCUT2D eigenvalue weighted by Gasteiger charge is 2.29. The Balaban J connectivity index is 3.02. The molecule has 1 aromatic rings. The Morgan fingerprint density at radius 1 is 1.56 bits per heavy atom. The van der Waals surface area contributed by atoms with Crippen LogP contribution >= 0.6 is 43.2 Å². The molecule has 0 aliphatic carbocycles. The van der Waals surface area contributed by atoms with Crippen LogP contribution in [0.4, 0.5) is 0 Å². The molecule has 0 amide bonds. The average Bonchev–Trinajstić information content (AvgIpc) is 2.64. The predicted molar refractivity (Wildman–Crippen MR) is 74.8 cm³/mol. The van der Waals surface area contributed by atoms with E-state index in [4.69, 9.17) is 0 Å². The van der Waals surface area contributed by atoms with Crippen LogP contribution < -0.4 is 4.72 Å². The quantitative estimate of drug-likeness (QED) is 0.783. The summed E-state index contributed by atoms with van der Waals surface area (Å²) in [5.74, 6) is 0. The van der Waals surface area contributed by atoms with Crippen molar-refractivity contribution in [3.05, 3.63) is 15.9 Å². The zero-order valence-corrected chi connectivity index (χ0v) is 13.8. The summed E-state index contributed by atoms with van der Waals surface area (Å²) in [6, 6.07) is 1.73. The lowest BCUT2D eigenvalue weighted by Gasteiger charge is -2.26. The fourth-order valence-corrected chi connectivity index (χ4v) is 5.57. The second kappa shape index (κ2) is 5.48. The van der Waals surface area contributed by atoms with Crippen molar-refractivity contribution < 1.29 is 8.42 Å². The Labute approximate surface area is 117 Å². The maximum atomic E-state index is 12.1.